The lowest BCUT2D eigenvalue weighted by molar-refractivity contribution is 0.298. The van der Waals surface area contributed by atoms with Gasteiger partial charge in [0.1, 0.15) is 5.01 Å². The monoisotopic (exact) mass is 227 g/mol. The Morgan fingerprint density at radius 2 is 2.20 bits per heavy atom. The number of thiazole rings is 1. The minimum absolute atomic E-state index is 0.376. The quantitative estimate of drug-likeness (QED) is 0.773. The van der Waals surface area contributed by atoms with Crippen LogP contribution >= 0.6 is 11.3 Å². The molecule has 3 nitrogen and oxygen atoms in total. The van der Waals surface area contributed by atoms with Gasteiger partial charge in [-0.15, -0.1) is 11.3 Å². The van der Waals surface area contributed by atoms with Crippen molar-refractivity contribution in [3.05, 3.63) is 16.6 Å². The summed E-state index contributed by atoms with van der Waals surface area (Å²) in [6.45, 7) is 11.0. The van der Waals surface area contributed by atoms with Crippen LogP contribution in [0.25, 0.3) is 0 Å². The highest BCUT2D eigenvalue weighted by Crippen LogP contribution is 2.13. The molecular formula is C11H21N3S. The van der Waals surface area contributed by atoms with Crippen LogP contribution in [0, 0.1) is 0 Å². The molecule has 0 bridgehead atoms. The topological polar surface area (TPSA) is 28.2 Å². The summed E-state index contributed by atoms with van der Waals surface area (Å²) < 4.78 is 0. The summed E-state index contributed by atoms with van der Waals surface area (Å²) in [6.07, 6.45) is 1.86. The lowest BCUT2D eigenvalue weighted by Gasteiger charge is -2.19. The number of likely N-dealkylation sites (N-methyl/N-ethyl adjacent to an activating group) is 1. The molecule has 0 aliphatic heterocycles. The van der Waals surface area contributed by atoms with Crippen molar-refractivity contribution in [2.75, 3.05) is 26.2 Å². The average Bonchev–Trinajstić information content (AvgIpc) is 2.77. The van der Waals surface area contributed by atoms with Crippen molar-refractivity contribution >= 4 is 11.3 Å². The fourth-order valence-corrected chi connectivity index (χ4v) is 2.18. The summed E-state index contributed by atoms with van der Waals surface area (Å²) >= 11 is 1.71. The second-order valence-electron chi connectivity index (χ2n) is 3.57. The molecule has 1 rings (SSSR count). The van der Waals surface area contributed by atoms with Gasteiger partial charge in [-0.3, -0.25) is 0 Å². The normalized spacial score (nSPS) is 13.3. The fourth-order valence-electron chi connectivity index (χ4n) is 1.51. The van der Waals surface area contributed by atoms with E-state index in [0.717, 1.165) is 26.2 Å². The summed E-state index contributed by atoms with van der Waals surface area (Å²) in [7, 11) is 0. The lowest BCUT2D eigenvalue weighted by atomic mass is 10.3. The van der Waals surface area contributed by atoms with Crippen LogP contribution in [0.3, 0.4) is 0 Å². The molecule has 1 aromatic heterocycles. The van der Waals surface area contributed by atoms with E-state index in [0.29, 0.717) is 6.04 Å². The number of aromatic nitrogens is 1. The molecule has 1 unspecified atom stereocenters. The molecule has 0 saturated heterocycles. The third-order valence-corrected chi connectivity index (χ3v) is 3.55. The van der Waals surface area contributed by atoms with E-state index < -0.39 is 0 Å². The number of nitrogens with one attached hydrogen (secondary N) is 1. The molecule has 0 radical (unpaired) electrons. The lowest BCUT2D eigenvalue weighted by Crippen LogP contribution is -2.32. The van der Waals surface area contributed by atoms with Gasteiger partial charge in [0, 0.05) is 24.7 Å². The van der Waals surface area contributed by atoms with Crippen LogP contribution in [0.15, 0.2) is 11.6 Å². The fraction of sp³-hybridized carbons (Fsp3) is 0.727. The van der Waals surface area contributed by atoms with Crippen molar-refractivity contribution in [3.8, 4) is 0 Å². The van der Waals surface area contributed by atoms with Crippen molar-refractivity contribution < 1.29 is 0 Å². The molecule has 0 aliphatic rings. The van der Waals surface area contributed by atoms with Crippen LogP contribution in [0.4, 0.5) is 0 Å². The van der Waals surface area contributed by atoms with E-state index in [-0.39, 0.29) is 0 Å². The predicted molar refractivity (Wildman–Crippen MR) is 66.3 cm³/mol. The molecule has 0 amide bonds. The van der Waals surface area contributed by atoms with E-state index >= 15 is 0 Å². The summed E-state index contributed by atoms with van der Waals surface area (Å²) in [4.78, 5) is 6.71. The van der Waals surface area contributed by atoms with E-state index in [1.165, 1.54) is 5.01 Å². The number of hydrogen-bond acceptors (Lipinski definition) is 4. The van der Waals surface area contributed by atoms with E-state index in [1.807, 2.05) is 11.6 Å². The van der Waals surface area contributed by atoms with Gasteiger partial charge in [0.05, 0.1) is 6.04 Å². The van der Waals surface area contributed by atoms with E-state index in [9.17, 15) is 0 Å². The number of nitrogens with zero attached hydrogens (tertiary/aromatic N) is 2. The summed E-state index contributed by atoms with van der Waals surface area (Å²) in [5.74, 6) is 0. The Bertz CT molecular complexity index is 244. The van der Waals surface area contributed by atoms with Crippen molar-refractivity contribution in [1.82, 2.24) is 15.2 Å². The Labute approximate surface area is 96.5 Å². The van der Waals surface area contributed by atoms with Gasteiger partial charge in [0.15, 0.2) is 0 Å². The molecule has 1 heterocycles. The Morgan fingerprint density at radius 1 is 1.47 bits per heavy atom. The molecule has 15 heavy (non-hydrogen) atoms. The number of hydrogen-bond donors (Lipinski definition) is 1. The van der Waals surface area contributed by atoms with Crippen LogP contribution in [-0.4, -0.2) is 36.1 Å². The van der Waals surface area contributed by atoms with Gasteiger partial charge >= 0.3 is 0 Å². The molecule has 0 saturated carbocycles. The summed E-state index contributed by atoms with van der Waals surface area (Å²) in [5.41, 5.74) is 0. The van der Waals surface area contributed by atoms with E-state index in [1.54, 1.807) is 11.3 Å². The standard InChI is InChI=1S/C11H21N3S/c1-4-14(5-2)8-6-12-10(3)11-13-7-9-15-11/h7,9-10,12H,4-6,8H2,1-3H3. The minimum Gasteiger partial charge on any atom is -0.307 e. The minimum atomic E-state index is 0.376. The second-order valence-corrected chi connectivity index (χ2v) is 4.50. The van der Waals surface area contributed by atoms with Crippen molar-refractivity contribution in [2.24, 2.45) is 0 Å². The van der Waals surface area contributed by atoms with Crippen LogP contribution < -0.4 is 5.32 Å². The molecule has 1 N–H and O–H groups in total. The van der Waals surface area contributed by atoms with Gasteiger partial charge in [-0.1, -0.05) is 13.8 Å². The van der Waals surface area contributed by atoms with E-state index in [2.05, 4.69) is 36.0 Å². The first-order valence-electron chi connectivity index (χ1n) is 5.63. The third-order valence-electron chi connectivity index (χ3n) is 2.59. The van der Waals surface area contributed by atoms with Crippen LogP contribution in [-0.2, 0) is 0 Å². The summed E-state index contributed by atoms with van der Waals surface area (Å²) in [6, 6.07) is 0.376. The Hall–Kier alpha value is -0.450. The first-order valence-corrected chi connectivity index (χ1v) is 6.51. The molecule has 0 spiro atoms. The first kappa shape index (κ1) is 12.6. The largest absolute Gasteiger partial charge is 0.307 e. The zero-order valence-corrected chi connectivity index (χ0v) is 10.7. The maximum atomic E-state index is 4.30. The molecular weight excluding hydrogens is 206 g/mol. The maximum Gasteiger partial charge on any atom is 0.109 e. The van der Waals surface area contributed by atoms with Crippen LogP contribution in [0.1, 0.15) is 31.8 Å². The zero-order chi connectivity index (χ0) is 11.1. The molecule has 0 fully saturated rings. The molecule has 0 aromatic carbocycles. The van der Waals surface area contributed by atoms with Gasteiger partial charge in [-0.2, -0.15) is 0 Å². The highest BCUT2D eigenvalue weighted by molar-refractivity contribution is 7.09. The van der Waals surface area contributed by atoms with Gasteiger partial charge < -0.3 is 10.2 Å². The second kappa shape index (κ2) is 6.93. The SMILES string of the molecule is CCN(CC)CCNC(C)c1nccs1. The van der Waals surface area contributed by atoms with E-state index in [4.69, 9.17) is 0 Å². The smallest absolute Gasteiger partial charge is 0.109 e. The Balaban J connectivity index is 2.20. The molecule has 4 heteroatoms. The van der Waals surface area contributed by atoms with Crippen LogP contribution in [0.5, 0.6) is 0 Å². The van der Waals surface area contributed by atoms with Gasteiger partial charge in [0.2, 0.25) is 0 Å². The van der Waals surface area contributed by atoms with Gasteiger partial charge in [-0.05, 0) is 20.0 Å². The van der Waals surface area contributed by atoms with Crippen LogP contribution in [0.2, 0.25) is 0 Å². The van der Waals surface area contributed by atoms with Crippen molar-refractivity contribution in [2.45, 2.75) is 26.8 Å². The molecule has 86 valence electrons. The highest BCUT2D eigenvalue weighted by atomic mass is 32.1. The average molecular weight is 227 g/mol. The number of rotatable bonds is 7. The predicted octanol–water partition coefficient (Wildman–Crippen LogP) is 2.14. The molecule has 1 aromatic rings. The Morgan fingerprint density at radius 3 is 2.73 bits per heavy atom. The van der Waals surface area contributed by atoms with Crippen molar-refractivity contribution in [1.29, 1.82) is 0 Å². The first-order chi connectivity index (χ1) is 7.27. The van der Waals surface area contributed by atoms with Crippen molar-refractivity contribution in [3.63, 3.8) is 0 Å². The molecule has 0 aliphatic carbocycles. The third kappa shape index (κ3) is 4.28. The molecule has 1 atom stereocenters. The van der Waals surface area contributed by atoms with Gasteiger partial charge in [0.25, 0.3) is 0 Å². The van der Waals surface area contributed by atoms with Gasteiger partial charge in [-0.25, -0.2) is 4.98 Å². The summed E-state index contributed by atoms with van der Waals surface area (Å²) in [5, 5.41) is 6.69. The zero-order valence-electron chi connectivity index (χ0n) is 9.86. The maximum absolute atomic E-state index is 4.30. The Kier molecular flexibility index (Phi) is 5.83. The highest BCUT2D eigenvalue weighted by Gasteiger charge is 2.07.